The molecule has 0 aliphatic rings. The van der Waals surface area contributed by atoms with Gasteiger partial charge in [-0.1, -0.05) is 20.3 Å². The summed E-state index contributed by atoms with van der Waals surface area (Å²) in [6.45, 7) is 6.31. The van der Waals surface area contributed by atoms with Crippen molar-refractivity contribution in [3.63, 3.8) is 0 Å². The summed E-state index contributed by atoms with van der Waals surface area (Å²) in [5.41, 5.74) is 0. The number of nitro groups is 1. The van der Waals surface area contributed by atoms with E-state index in [9.17, 15) is 10.1 Å². The van der Waals surface area contributed by atoms with E-state index < -0.39 is 4.92 Å². The zero-order valence-corrected chi connectivity index (χ0v) is 9.87. The van der Waals surface area contributed by atoms with Gasteiger partial charge in [0.15, 0.2) is 5.13 Å². The van der Waals surface area contributed by atoms with Crippen LogP contribution in [0.2, 0.25) is 0 Å². The molecule has 15 heavy (non-hydrogen) atoms. The van der Waals surface area contributed by atoms with Gasteiger partial charge in [0.2, 0.25) is 0 Å². The molecular formula is C9H15N3O2S. The predicted octanol–water partition coefficient (Wildman–Crippen LogP) is 2.90. The molecule has 0 radical (unpaired) electrons. The minimum atomic E-state index is -0.420. The third-order valence-corrected chi connectivity index (χ3v) is 3.40. The highest BCUT2D eigenvalue weighted by molar-refractivity contribution is 7.18. The van der Waals surface area contributed by atoms with Crippen LogP contribution < -0.4 is 5.32 Å². The highest BCUT2D eigenvalue weighted by atomic mass is 32.1. The number of aromatic nitrogens is 1. The van der Waals surface area contributed by atoms with Crippen molar-refractivity contribution in [2.24, 2.45) is 5.92 Å². The van der Waals surface area contributed by atoms with Gasteiger partial charge in [0.05, 0.1) is 4.92 Å². The first-order chi connectivity index (χ1) is 7.04. The Morgan fingerprint density at radius 1 is 1.67 bits per heavy atom. The van der Waals surface area contributed by atoms with Gasteiger partial charge in [-0.3, -0.25) is 10.1 Å². The smallest absolute Gasteiger partial charge is 0.345 e. The molecule has 0 bridgehead atoms. The van der Waals surface area contributed by atoms with Crippen molar-refractivity contribution in [3.8, 4) is 0 Å². The summed E-state index contributed by atoms with van der Waals surface area (Å²) in [4.78, 5) is 14.0. The number of thiazole rings is 1. The maximum Gasteiger partial charge on any atom is 0.345 e. The van der Waals surface area contributed by atoms with Gasteiger partial charge in [0.25, 0.3) is 0 Å². The van der Waals surface area contributed by atoms with Crippen molar-refractivity contribution >= 4 is 21.5 Å². The van der Waals surface area contributed by atoms with Crippen molar-refractivity contribution in [3.05, 3.63) is 16.3 Å². The molecule has 0 spiro atoms. The summed E-state index contributed by atoms with van der Waals surface area (Å²) < 4.78 is 0. The average molecular weight is 229 g/mol. The Labute approximate surface area is 92.7 Å². The van der Waals surface area contributed by atoms with Crippen LogP contribution in [0.1, 0.15) is 27.2 Å². The van der Waals surface area contributed by atoms with Crippen molar-refractivity contribution in [1.29, 1.82) is 0 Å². The lowest BCUT2D eigenvalue weighted by Gasteiger charge is -2.18. The molecule has 0 fully saturated rings. The van der Waals surface area contributed by atoms with E-state index in [4.69, 9.17) is 0 Å². The molecule has 1 aromatic heterocycles. The van der Waals surface area contributed by atoms with Crippen LogP contribution in [-0.2, 0) is 0 Å². The van der Waals surface area contributed by atoms with Crippen LogP contribution in [0.3, 0.4) is 0 Å². The van der Waals surface area contributed by atoms with Crippen LogP contribution >= 0.6 is 11.3 Å². The maximum absolute atomic E-state index is 10.4. The second-order valence-electron chi connectivity index (χ2n) is 3.58. The SMILES string of the molecule is CCC(C)C(C)Nc1ncc([N+](=O)[O-])s1. The summed E-state index contributed by atoms with van der Waals surface area (Å²) >= 11 is 1.08. The standard InChI is InChI=1S/C9H15N3O2S/c1-4-6(2)7(3)11-9-10-5-8(15-9)12(13)14/h5-7H,4H2,1-3H3,(H,10,11). The van der Waals surface area contributed by atoms with Crippen LogP contribution in [-0.4, -0.2) is 15.9 Å². The second-order valence-corrected chi connectivity index (χ2v) is 4.59. The fourth-order valence-electron chi connectivity index (χ4n) is 1.11. The van der Waals surface area contributed by atoms with Gasteiger partial charge in [0, 0.05) is 6.04 Å². The first-order valence-corrected chi connectivity index (χ1v) is 5.73. The molecule has 0 saturated heterocycles. The molecule has 5 nitrogen and oxygen atoms in total. The van der Waals surface area contributed by atoms with Crippen LogP contribution in [0.25, 0.3) is 0 Å². The summed E-state index contributed by atoms with van der Waals surface area (Å²) in [7, 11) is 0. The molecule has 1 heterocycles. The molecule has 0 aliphatic carbocycles. The molecule has 84 valence electrons. The maximum atomic E-state index is 10.4. The Bertz CT molecular complexity index is 340. The topological polar surface area (TPSA) is 68.1 Å². The minimum absolute atomic E-state index is 0.0776. The van der Waals surface area contributed by atoms with Crippen molar-refractivity contribution in [2.45, 2.75) is 33.2 Å². The van der Waals surface area contributed by atoms with Gasteiger partial charge >= 0.3 is 5.00 Å². The molecular weight excluding hydrogens is 214 g/mol. The third kappa shape index (κ3) is 3.16. The zero-order chi connectivity index (χ0) is 11.4. The van der Waals surface area contributed by atoms with Gasteiger partial charge < -0.3 is 5.32 Å². The molecule has 2 unspecified atom stereocenters. The fraction of sp³-hybridized carbons (Fsp3) is 0.667. The number of nitrogens with one attached hydrogen (secondary N) is 1. The number of rotatable bonds is 5. The Morgan fingerprint density at radius 2 is 2.33 bits per heavy atom. The molecule has 0 aromatic carbocycles. The highest BCUT2D eigenvalue weighted by Gasteiger charge is 2.15. The third-order valence-electron chi connectivity index (χ3n) is 2.52. The molecule has 1 N–H and O–H groups in total. The van der Waals surface area contributed by atoms with Crippen LogP contribution in [0.15, 0.2) is 6.20 Å². The molecule has 0 saturated carbocycles. The highest BCUT2D eigenvalue weighted by Crippen LogP contribution is 2.26. The first kappa shape index (κ1) is 11.9. The minimum Gasteiger partial charge on any atom is -0.359 e. The van der Waals surface area contributed by atoms with Crippen LogP contribution in [0, 0.1) is 16.0 Å². The Kier molecular flexibility index (Phi) is 4.02. The molecule has 0 amide bonds. The van der Waals surface area contributed by atoms with Crippen molar-refractivity contribution in [2.75, 3.05) is 5.32 Å². The lowest BCUT2D eigenvalue weighted by molar-refractivity contribution is -0.380. The van der Waals surface area contributed by atoms with Gasteiger partial charge in [-0.2, -0.15) is 0 Å². The van der Waals surface area contributed by atoms with Crippen molar-refractivity contribution < 1.29 is 4.92 Å². The predicted molar refractivity (Wildman–Crippen MR) is 61.3 cm³/mol. The summed E-state index contributed by atoms with van der Waals surface area (Å²) in [5.74, 6) is 0.521. The molecule has 1 aromatic rings. The lowest BCUT2D eigenvalue weighted by atomic mass is 10.0. The molecule has 6 heteroatoms. The number of nitrogens with zero attached hydrogens (tertiary/aromatic N) is 2. The summed E-state index contributed by atoms with van der Waals surface area (Å²) in [6, 6.07) is 0.278. The van der Waals surface area contributed by atoms with Gasteiger partial charge in [0.1, 0.15) is 6.20 Å². The largest absolute Gasteiger partial charge is 0.359 e. The molecule has 1 rings (SSSR count). The van der Waals surface area contributed by atoms with E-state index in [1.807, 2.05) is 0 Å². The molecule has 2 atom stereocenters. The van der Waals surface area contributed by atoms with Gasteiger partial charge in [-0.05, 0) is 24.2 Å². The average Bonchev–Trinajstić information content (AvgIpc) is 2.65. The quantitative estimate of drug-likeness (QED) is 0.622. The lowest BCUT2D eigenvalue weighted by Crippen LogP contribution is -2.22. The summed E-state index contributed by atoms with van der Waals surface area (Å²) in [5, 5.41) is 14.3. The number of hydrogen-bond donors (Lipinski definition) is 1. The van der Waals surface area contributed by atoms with Gasteiger partial charge in [-0.25, -0.2) is 4.98 Å². The molecule has 0 aliphatic heterocycles. The zero-order valence-electron chi connectivity index (χ0n) is 9.06. The van der Waals surface area contributed by atoms with Gasteiger partial charge in [-0.15, -0.1) is 0 Å². The first-order valence-electron chi connectivity index (χ1n) is 4.91. The van der Waals surface area contributed by atoms with E-state index in [0.717, 1.165) is 17.8 Å². The van der Waals surface area contributed by atoms with Crippen LogP contribution in [0.5, 0.6) is 0 Å². The van der Waals surface area contributed by atoms with E-state index in [-0.39, 0.29) is 11.0 Å². The second kappa shape index (κ2) is 5.06. The Morgan fingerprint density at radius 3 is 2.80 bits per heavy atom. The van der Waals surface area contributed by atoms with E-state index in [0.29, 0.717) is 11.0 Å². The Hall–Kier alpha value is -1.17. The number of anilines is 1. The normalized spacial score (nSPS) is 14.6. The fourth-order valence-corrected chi connectivity index (χ4v) is 1.84. The van der Waals surface area contributed by atoms with E-state index in [1.54, 1.807) is 0 Å². The van der Waals surface area contributed by atoms with Crippen LogP contribution in [0.4, 0.5) is 10.1 Å². The van der Waals surface area contributed by atoms with E-state index in [2.05, 4.69) is 31.1 Å². The number of hydrogen-bond acceptors (Lipinski definition) is 5. The monoisotopic (exact) mass is 229 g/mol. The van der Waals surface area contributed by atoms with E-state index >= 15 is 0 Å². The van der Waals surface area contributed by atoms with Crippen molar-refractivity contribution in [1.82, 2.24) is 4.98 Å². The van der Waals surface area contributed by atoms with E-state index in [1.165, 1.54) is 6.20 Å². The summed E-state index contributed by atoms with van der Waals surface area (Å²) in [6.07, 6.45) is 2.36. The Balaban J connectivity index is 2.61.